The second kappa shape index (κ2) is 8.77. The molecule has 1 rings (SSSR count). The molecule has 0 bridgehead atoms. The molecule has 0 saturated carbocycles. The lowest BCUT2D eigenvalue weighted by Gasteiger charge is -2.17. The number of methoxy groups -OCH3 is 1. The van der Waals surface area contributed by atoms with E-state index in [0.29, 0.717) is 12.0 Å². The topological polar surface area (TPSA) is 35.5 Å². The van der Waals surface area contributed by atoms with Crippen molar-refractivity contribution in [3.05, 3.63) is 46.7 Å². The van der Waals surface area contributed by atoms with Crippen LogP contribution in [0.1, 0.15) is 55.1 Å². The zero-order valence-electron chi connectivity index (χ0n) is 12.2. The molecule has 0 spiro atoms. The van der Waals surface area contributed by atoms with Crippen LogP contribution in [0, 0.1) is 0 Å². The van der Waals surface area contributed by atoms with Crippen molar-refractivity contribution in [2.24, 2.45) is 0 Å². The summed E-state index contributed by atoms with van der Waals surface area (Å²) < 4.78 is 10.6. The summed E-state index contributed by atoms with van der Waals surface area (Å²) in [5.74, 6) is -0.451. The first kappa shape index (κ1) is 16.7. The van der Waals surface area contributed by atoms with Gasteiger partial charge in [0.2, 0.25) is 0 Å². The molecule has 0 fully saturated rings. The van der Waals surface area contributed by atoms with Gasteiger partial charge in [0.15, 0.2) is 5.22 Å². The fraction of sp³-hybridized carbons (Fsp3) is 0.438. The predicted octanol–water partition coefficient (Wildman–Crippen LogP) is 4.82. The molecule has 20 heavy (non-hydrogen) atoms. The number of rotatable bonds is 7. The first-order valence-corrected chi connectivity index (χ1v) is 7.21. The zero-order chi connectivity index (χ0) is 15.0. The van der Waals surface area contributed by atoms with Crippen molar-refractivity contribution in [3.63, 3.8) is 0 Å². The van der Waals surface area contributed by atoms with Crippen LogP contribution in [0.25, 0.3) is 0 Å². The van der Waals surface area contributed by atoms with E-state index >= 15 is 0 Å². The van der Waals surface area contributed by atoms with Crippen LogP contribution in [0.4, 0.5) is 0 Å². The number of halogens is 1. The Morgan fingerprint density at radius 2 is 2.05 bits per heavy atom. The first-order valence-electron chi connectivity index (χ1n) is 6.83. The molecule has 4 heteroatoms. The Hall–Kier alpha value is -1.32. The Bertz CT molecular complexity index is 469. The number of allylic oxidation sites excluding steroid dienone is 1. The quantitative estimate of drug-likeness (QED) is 0.534. The Kier molecular flexibility index (Phi) is 7.34. The van der Waals surface area contributed by atoms with Gasteiger partial charge < -0.3 is 9.47 Å². The van der Waals surface area contributed by atoms with Crippen LogP contribution >= 0.6 is 11.6 Å². The normalized spacial score (nSPS) is 13.1. The summed E-state index contributed by atoms with van der Waals surface area (Å²) in [6.45, 7) is 4.00. The third-order valence-electron chi connectivity index (χ3n) is 2.92. The number of esters is 1. The van der Waals surface area contributed by atoms with Crippen molar-refractivity contribution >= 4 is 17.6 Å². The molecule has 0 aliphatic carbocycles. The minimum absolute atomic E-state index is 0.108. The summed E-state index contributed by atoms with van der Waals surface area (Å²) in [7, 11) is 1.65. The van der Waals surface area contributed by atoms with Gasteiger partial charge in [-0.25, -0.2) is 4.79 Å². The predicted molar refractivity (Wildman–Crippen MR) is 80.7 cm³/mol. The third kappa shape index (κ3) is 4.66. The maximum Gasteiger partial charge on any atom is 0.344 e. The molecule has 3 nitrogen and oxygen atoms in total. The van der Waals surface area contributed by atoms with Crippen molar-refractivity contribution < 1.29 is 14.3 Å². The van der Waals surface area contributed by atoms with E-state index in [9.17, 15) is 4.79 Å². The standard InChI is InChI=1S/C16H21ClO3/c1-4-8-14(19-3)12-10-6-7-11-13(12)16(18)20-15(17)9-5-2/h6-7,9-11,14H,4-5,8H2,1-3H3. The largest absolute Gasteiger partial charge is 0.411 e. The molecule has 1 atom stereocenters. The minimum Gasteiger partial charge on any atom is -0.411 e. The number of ether oxygens (including phenoxy) is 2. The van der Waals surface area contributed by atoms with Crippen molar-refractivity contribution in [1.82, 2.24) is 0 Å². The molecular formula is C16H21ClO3. The lowest BCUT2D eigenvalue weighted by Crippen LogP contribution is -2.11. The van der Waals surface area contributed by atoms with Crippen LogP contribution in [0.5, 0.6) is 0 Å². The highest BCUT2D eigenvalue weighted by Gasteiger charge is 2.19. The van der Waals surface area contributed by atoms with E-state index in [-0.39, 0.29) is 11.3 Å². The fourth-order valence-corrected chi connectivity index (χ4v) is 2.20. The van der Waals surface area contributed by atoms with Gasteiger partial charge in [0, 0.05) is 7.11 Å². The summed E-state index contributed by atoms with van der Waals surface area (Å²) in [5, 5.41) is 0.108. The molecule has 110 valence electrons. The first-order chi connectivity index (χ1) is 9.63. The smallest absolute Gasteiger partial charge is 0.344 e. The van der Waals surface area contributed by atoms with E-state index in [1.165, 1.54) is 0 Å². The van der Waals surface area contributed by atoms with Gasteiger partial charge in [0.1, 0.15) is 0 Å². The van der Waals surface area contributed by atoms with E-state index in [1.54, 1.807) is 25.3 Å². The molecular weight excluding hydrogens is 276 g/mol. The van der Waals surface area contributed by atoms with Gasteiger partial charge in [0.25, 0.3) is 0 Å². The molecule has 0 aromatic heterocycles. The Balaban J connectivity index is 3.00. The molecule has 0 N–H and O–H groups in total. The Morgan fingerprint density at radius 3 is 2.65 bits per heavy atom. The van der Waals surface area contributed by atoms with E-state index in [0.717, 1.165) is 18.4 Å². The average molecular weight is 297 g/mol. The van der Waals surface area contributed by atoms with Crippen LogP contribution in [0.15, 0.2) is 35.6 Å². The third-order valence-corrected chi connectivity index (χ3v) is 3.15. The van der Waals surface area contributed by atoms with Gasteiger partial charge in [-0.05, 0) is 42.1 Å². The summed E-state index contributed by atoms with van der Waals surface area (Å²) >= 11 is 5.84. The van der Waals surface area contributed by atoms with Gasteiger partial charge in [-0.1, -0.05) is 38.5 Å². The van der Waals surface area contributed by atoms with Crippen LogP contribution < -0.4 is 0 Å². The Morgan fingerprint density at radius 1 is 1.35 bits per heavy atom. The highest BCUT2D eigenvalue weighted by atomic mass is 35.5. The molecule has 0 aliphatic rings. The van der Waals surface area contributed by atoms with Crippen molar-refractivity contribution in [3.8, 4) is 0 Å². The minimum atomic E-state index is -0.451. The van der Waals surface area contributed by atoms with Crippen molar-refractivity contribution in [2.45, 2.75) is 39.2 Å². The van der Waals surface area contributed by atoms with Crippen LogP contribution in [-0.2, 0) is 9.47 Å². The van der Waals surface area contributed by atoms with E-state index in [4.69, 9.17) is 21.1 Å². The maximum atomic E-state index is 12.2. The lowest BCUT2D eigenvalue weighted by atomic mass is 9.99. The lowest BCUT2D eigenvalue weighted by molar-refractivity contribution is 0.0626. The molecule has 0 aliphatic heterocycles. The fourth-order valence-electron chi connectivity index (χ4n) is 1.97. The monoisotopic (exact) mass is 296 g/mol. The van der Waals surface area contributed by atoms with Gasteiger partial charge in [-0.2, -0.15) is 0 Å². The van der Waals surface area contributed by atoms with E-state index in [2.05, 4.69) is 6.92 Å². The highest BCUT2D eigenvalue weighted by Crippen LogP contribution is 2.26. The molecule has 0 amide bonds. The molecule has 0 heterocycles. The van der Waals surface area contributed by atoms with Gasteiger partial charge in [-0.3, -0.25) is 0 Å². The second-order valence-corrected chi connectivity index (χ2v) is 4.78. The second-order valence-electron chi connectivity index (χ2n) is 4.41. The number of benzene rings is 1. The molecule has 1 unspecified atom stereocenters. The highest BCUT2D eigenvalue weighted by molar-refractivity contribution is 6.29. The Labute approximate surface area is 125 Å². The average Bonchev–Trinajstić information content (AvgIpc) is 2.45. The van der Waals surface area contributed by atoms with Gasteiger partial charge in [0.05, 0.1) is 11.7 Å². The summed E-state index contributed by atoms with van der Waals surface area (Å²) in [4.78, 5) is 12.2. The van der Waals surface area contributed by atoms with E-state index < -0.39 is 5.97 Å². The van der Waals surface area contributed by atoms with Gasteiger partial charge in [-0.15, -0.1) is 0 Å². The van der Waals surface area contributed by atoms with Gasteiger partial charge >= 0.3 is 5.97 Å². The number of carbonyl (C=O) groups excluding carboxylic acids is 1. The van der Waals surface area contributed by atoms with Crippen LogP contribution in [-0.4, -0.2) is 13.1 Å². The van der Waals surface area contributed by atoms with Crippen LogP contribution in [0.2, 0.25) is 0 Å². The molecule has 0 saturated heterocycles. The molecule has 0 radical (unpaired) electrons. The summed E-state index contributed by atoms with van der Waals surface area (Å²) in [5.41, 5.74) is 1.33. The SMILES string of the molecule is CCC=C(Cl)OC(=O)c1ccccc1C(CCC)OC. The zero-order valence-corrected chi connectivity index (χ0v) is 12.9. The number of carbonyl (C=O) groups is 1. The number of hydrogen-bond acceptors (Lipinski definition) is 3. The molecule has 1 aromatic rings. The molecule has 1 aromatic carbocycles. The number of hydrogen-bond donors (Lipinski definition) is 0. The maximum absolute atomic E-state index is 12.2. The van der Waals surface area contributed by atoms with E-state index in [1.807, 2.05) is 19.1 Å². The van der Waals surface area contributed by atoms with Crippen molar-refractivity contribution in [2.75, 3.05) is 7.11 Å². The summed E-state index contributed by atoms with van der Waals surface area (Å²) in [6, 6.07) is 7.31. The summed E-state index contributed by atoms with van der Waals surface area (Å²) in [6.07, 6.45) is 4.07. The van der Waals surface area contributed by atoms with Crippen molar-refractivity contribution in [1.29, 1.82) is 0 Å². The van der Waals surface area contributed by atoms with Crippen LogP contribution in [0.3, 0.4) is 0 Å².